The van der Waals surface area contributed by atoms with E-state index < -0.39 is 0 Å². The van der Waals surface area contributed by atoms with Crippen LogP contribution in [0.4, 0.5) is 11.5 Å². The molecule has 1 aromatic heterocycles. The zero-order chi connectivity index (χ0) is 16.7. The van der Waals surface area contributed by atoms with Gasteiger partial charge >= 0.3 is 6.01 Å². The van der Waals surface area contributed by atoms with Crippen LogP contribution in [0, 0.1) is 0 Å². The maximum atomic E-state index is 5.96. The number of benzene rings is 1. The van der Waals surface area contributed by atoms with Crippen molar-refractivity contribution in [1.82, 2.24) is 9.97 Å². The molecule has 0 saturated carbocycles. The molecule has 0 amide bonds. The van der Waals surface area contributed by atoms with Crippen LogP contribution in [0.2, 0.25) is 0 Å². The molecule has 23 heavy (non-hydrogen) atoms. The standard InChI is InChI=1S/C17H26N4O2/c1-4-8-21(9-5-2)16-14-12-13(18)6-7-15(14)19-17(20-16)23-11-10-22-3/h6-7,12H,4-5,8-11,18H2,1-3H3. The predicted octanol–water partition coefficient (Wildman–Crippen LogP) is 2.86. The van der Waals surface area contributed by atoms with Gasteiger partial charge in [-0.05, 0) is 31.0 Å². The van der Waals surface area contributed by atoms with Crippen molar-refractivity contribution in [2.24, 2.45) is 0 Å². The smallest absolute Gasteiger partial charge is 0.319 e. The van der Waals surface area contributed by atoms with Crippen molar-refractivity contribution >= 4 is 22.4 Å². The second-order valence-corrected chi connectivity index (χ2v) is 5.43. The van der Waals surface area contributed by atoms with Gasteiger partial charge in [0.1, 0.15) is 12.4 Å². The monoisotopic (exact) mass is 318 g/mol. The molecule has 0 aliphatic rings. The maximum Gasteiger partial charge on any atom is 0.319 e. The largest absolute Gasteiger partial charge is 0.461 e. The normalized spacial score (nSPS) is 10.9. The Labute approximate surface area is 137 Å². The molecule has 0 atom stereocenters. The number of ether oxygens (including phenoxy) is 2. The van der Waals surface area contributed by atoms with Gasteiger partial charge in [0, 0.05) is 31.3 Å². The highest BCUT2D eigenvalue weighted by Gasteiger charge is 2.15. The Morgan fingerprint density at radius 1 is 1.09 bits per heavy atom. The van der Waals surface area contributed by atoms with Crippen LogP contribution in [0.25, 0.3) is 10.9 Å². The summed E-state index contributed by atoms with van der Waals surface area (Å²) in [5, 5.41) is 0.964. The van der Waals surface area contributed by atoms with Gasteiger partial charge in [0.25, 0.3) is 0 Å². The number of hydrogen-bond donors (Lipinski definition) is 1. The molecule has 6 heteroatoms. The lowest BCUT2D eigenvalue weighted by molar-refractivity contribution is 0.141. The number of fused-ring (bicyclic) bond motifs is 1. The molecule has 6 nitrogen and oxygen atoms in total. The van der Waals surface area contributed by atoms with Gasteiger partial charge in [-0.15, -0.1) is 0 Å². The molecule has 2 N–H and O–H groups in total. The molecular weight excluding hydrogens is 292 g/mol. The Kier molecular flexibility index (Phi) is 6.40. The van der Waals surface area contributed by atoms with Gasteiger partial charge in [0.15, 0.2) is 0 Å². The van der Waals surface area contributed by atoms with E-state index in [1.165, 1.54) is 0 Å². The Morgan fingerprint density at radius 3 is 2.48 bits per heavy atom. The van der Waals surface area contributed by atoms with Gasteiger partial charge in [-0.2, -0.15) is 9.97 Å². The van der Waals surface area contributed by atoms with E-state index in [1.807, 2.05) is 18.2 Å². The highest BCUT2D eigenvalue weighted by Crippen LogP contribution is 2.28. The minimum atomic E-state index is 0.381. The minimum absolute atomic E-state index is 0.381. The van der Waals surface area contributed by atoms with Gasteiger partial charge < -0.3 is 20.1 Å². The fourth-order valence-corrected chi connectivity index (χ4v) is 2.49. The topological polar surface area (TPSA) is 73.5 Å². The number of nitrogens with two attached hydrogens (primary N) is 1. The molecule has 0 unspecified atom stereocenters. The third-order valence-electron chi connectivity index (χ3n) is 3.48. The van der Waals surface area contributed by atoms with Crippen LogP contribution < -0.4 is 15.4 Å². The average molecular weight is 318 g/mol. The molecule has 0 aliphatic heterocycles. The first-order chi connectivity index (χ1) is 11.2. The Bertz CT molecular complexity index is 627. The minimum Gasteiger partial charge on any atom is -0.461 e. The van der Waals surface area contributed by atoms with Gasteiger partial charge in [-0.3, -0.25) is 0 Å². The van der Waals surface area contributed by atoms with E-state index in [1.54, 1.807) is 7.11 Å². The van der Waals surface area contributed by atoms with Crippen LogP contribution in [0.1, 0.15) is 26.7 Å². The number of aromatic nitrogens is 2. The molecular formula is C17H26N4O2. The van der Waals surface area contributed by atoms with E-state index >= 15 is 0 Å². The van der Waals surface area contributed by atoms with Crippen LogP contribution in [0.5, 0.6) is 6.01 Å². The summed E-state index contributed by atoms with van der Waals surface area (Å²) in [6.45, 7) is 7.13. The number of rotatable bonds is 9. The zero-order valence-electron chi connectivity index (χ0n) is 14.2. The summed E-state index contributed by atoms with van der Waals surface area (Å²) in [6, 6.07) is 6.07. The van der Waals surface area contributed by atoms with E-state index in [2.05, 4.69) is 28.7 Å². The van der Waals surface area contributed by atoms with Crippen molar-refractivity contribution in [3.05, 3.63) is 18.2 Å². The molecule has 0 fully saturated rings. The summed E-state index contributed by atoms with van der Waals surface area (Å²) < 4.78 is 10.6. The second kappa shape index (κ2) is 8.53. The SMILES string of the molecule is CCCN(CCC)c1nc(OCCOC)nc2ccc(N)cc12. The third-order valence-corrected chi connectivity index (χ3v) is 3.48. The molecule has 0 radical (unpaired) electrons. The molecule has 126 valence electrons. The Balaban J connectivity index is 2.45. The van der Waals surface area contributed by atoms with Crippen LogP contribution in [-0.4, -0.2) is 43.4 Å². The Hall–Kier alpha value is -2.08. The summed E-state index contributed by atoms with van der Waals surface area (Å²) in [4.78, 5) is 11.4. The highest BCUT2D eigenvalue weighted by molar-refractivity contribution is 5.92. The zero-order valence-corrected chi connectivity index (χ0v) is 14.2. The van der Waals surface area contributed by atoms with Crippen LogP contribution in [-0.2, 0) is 4.74 Å². The lowest BCUT2D eigenvalue weighted by Crippen LogP contribution is -2.26. The molecule has 1 heterocycles. The summed E-state index contributed by atoms with van der Waals surface area (Å²) >= 11 is 0. The fraction of sp³-hybridized carbons (Fsp3) is 0.529. The molecule has 0 spiro atoms. The number of anilines is 2. The van der Waals surface area contributed by atoms with Crippen LogP contribution >= 0.6 is 0 Å². The molecule has 2 aromatic rings. The van der Waals surface area contributed by atoms with Gasteiger partial charge in [0.05, 0.1) is 12.1 Å². The van der Waals surface area contributed by atoms with Gasteiger partial charge in [-0.25, -0.2) is 0 Å². The van der Waals surface area contributed by atoms with E-state index in [9.17, 15) is 0 Å². The molecule has 0 aliphatic carbocycles. The van der Waals surface area contributed by atoms with Crippen molar-refractivity contribution in [1.29, 1.82) is 0 Å². The molecule has 0 bridgehead atoms. The summed E-state index contributed by atoms with van der Waals surface area (Å²) in [5.74, 6) is 0.887. The van der Waals surface area contributed by atoms with E-state index in [0.717, 1.165) is 42.7 Å². The number of nitrogen functional groups attached to an aromatic ring is 1. The number of nitrogens with zero attached hydrogens (tertiary/aromatic N) is 3. The van der Waals surface area contributed by atoms with Crippen molar-refractivity contribution in [3.8, 4) is 6.01 Å². The molecule has 0 saturated heterocycles. The van der Waals surface area contributed by atoms with Crippen molar-refractivity contribution in [3.63, 3.8) is 0 Å². The first-order valence-corrected chi connectivity index (χ1v) is 8.13. The van der Waals surface area contributed by atoms with E-state index in [4.69, 9.17) is 15.2 Å². The van der Waals surface area contributed by atoms with E-state index in [0.29, 0.717) is 24.9 Å². The summed E-state index contributed by atoms with van der Waals surface area (Å²) in [6.07, 6.45) is 2.10. The van der Waals surface area contributed by atoms with Crippen molar-refractivity contribution in [2.45, 2.75) is 26.7 Å². The van der Waals surface area contributed by atoms with Crippen LogP contribution in [0.3, 0.4) is 0 Å². The third kappa shape index (κ3) is 4.45. The molecule has 1 aromatic carbocycles. The first kappa shape index (κ1) is 17.3. The maximum absolute atomic E-state index is 5.96. The van der Waals surface area contributed by atoms with Crippen molar-refractivity contribution in [2.75, 3.05) is 44.0 Å². The average Bonchev–Trinajstić information content (AvgIpc) is 2.54. The van der Waals surface area contributed by atoms with Gasteiger partial charge in [0.2, 0.25) is 0 Å². The molecule has 2 rings (SSSR count). The van der Waals surface area contributed by atoms with Gasteiger partial charge in [-0.1, -0.05) is 13.8 Å². The summed E-state index contributed by atoms with van der Waals surface area (Å²) in [5.41, 5.74) is 7.51. The van der Waals surface area contributed by atoms with E-state index in [-0.39, 0.29) is 0 Å². The lowest BCUT2D eigenvalue weighted by Gasteiger charge is -2.24. The quantitative estimate of drug-likeness (QED) is 0.566. The lowest BCUT2D eigenvalue weighted by atomic mass is 10.2. The summed E-state index contributed by atoms with van der Waals surface area (Å²) in [7, 11) is 1.64. The first-order valence-electron chi connectivity index (χ1n) is 8.13. The number of hydrogen-bond acceptors (Lipinski definition) is 6. The van der Waals surface area contributed by atoms with Crippen molar-refractivity contribution < 1.29 is 9.47 Å². The van der Waals surface area contributed by atoms with Crippen LogP contribution in [0.15, 0.2) is 18.2 Å². The predicted molar refractivity (Wildman–Crippen MR) is 94.1 cm³/mol. The second-order valence-electron chi connectivity index (χ2n) is 5.43. The number of methoxy groups -OCH3 is 1. The fourth-order valence-electron chi connectivity index (χ4n) is 2.49. The highest BCUT2D eigenvalue weighted by atomic mass is 16.5. The Morgan fingerprint density at radius 2 is 1.83 bits per heavy atom.